The molecule has 0 aromatic heterocycles. The SMILES string of the molecule is CC(C)C[C@H](CN)CC(=O)NCC1CCCCO1. The molecule has 4 nitrogen and oxygen atoms in total. The largest absolute Gasteiger partial charge is 0.376 e. The molecular formula is C14H28N2O2. The molecule has 0 aliphatic carbocycles. The molecule has 0 aromatic carbocycles. The second-order valence-corrected chi connectivity index (χ2v) is 5.73. The van der Waals surface area contributed by atoms with E-state index in [1.165, 1.54) is 6.42 Å². The first-order valence-corrected chi connectivity index (χ1v) is 7.20. The van der Waals surface area contributed by atoms with Gasteiger partial charge in [0.05, 0.1) is 6.10 Å². The average molecular weight is 256 g/mol. The summed E-state index contributed by atoms with van der Waals surface area (Å²) in [6, 6.07) is 0. The maximum Gasteiger partial charge on any atom is 0.220 e. The third-order valence-electron chi connectivity index (χ3n) is 3.41. The lowest BCUT2D eigenvalue weighted by atomic mass is 9.94. The topological polar surface area (TPSA) is 64.4 Å². The third-order valence-corrected chi connectivity index (χ3v) is 3.41. The zero-order valence-corrected chi connectivity index (χ0v) is 11.8. The molecule has 2 atom stereocenters. The molecule has 0 aromatic rings. The second kappa shape index (κ2) is 8.48. The van der Waals surface area contributed by atoms with Crippen LogP contribution in [0, 0.1) is 11.8 Å². The van der Waals surface area contributed by atoms with Gasteiger partial charge in [-0.15, -0.1) is 0 Å². The molecule has 1 fully saturated rings. The third kappa shape index (κ3) is 6.36. The number of carbonyl (C=O) groups excluding carboxylic acids is 1. The summed E-state index contributed by atoms with van der Waals surface area (Å²) in [6.45, 7) is 6.40. The summed E-state index contributed by atoms with van der Waals surface area (Å²) in [5, 5.41) is 2.97. The molecule has 0 bridgehead atoms. The summed E-state index contributed by atoms with van der Waals surface area (Å²) in [7, 11) is 0. The fraction of sp³-hybridized carbons (Fsp3) is 0.929. The molecule has 0 saturated carbocycles. The van der Waals surface area contributed by atoms with E-state index in [4.69, 9.17) is 10.5 Å². The molecule has 4 heteroatoms. The Morgan fingerprint density at radius 3 is 2.78 bits per heavy atom. The van der Waals surface area contributed by atoms with Gasteiger partial charge in [-0.1, -0.05) is 13.8 Å². The smallest absolute Gasteiger partial charge is 0.220 e. The maximum atomic E-state index is 11.8. The lowest BCUT2D eigenvalue weighted by Gasteiger charge is -2.23. The first-order chi connectivity index (χ1) is 8.61. The fourth-order valence-electron chi connectivity index (χ4n) is 2.46. The van der Waals surface area contributed by atoms with E-state index in [-0.39, 0.29) is 12.0 Å². The fourth-order valence-corrected chi connectivity index (χ4v) is 2.46. The summed E-state index contributed by atoms with van der Waals surface area (Å²) in [5.74, 6) is 1.01. The van der Waals surface area contributed by atoms with Crippen LogP contribution in [-0.2, 0) is 9.53 Å². The van der Waals surface area contributed by atoms with Crippen molar-refractivity contribution in [1.29, 1.82) is 0 Å². The van der Waals surface area contributed by atoms with Crippen LogP contribution in [0.1, 0.15) is 46.0 Å². The van der Waals surface area contributed by atoms with E-state index in [0.717, 1.165) is 25.9 Å². The second-order valence-electron chi connectivity index (χ2n) is 5.73. The number of rotatable bonds is 7. The van der Waals surface area contributed by atoms with Crippen LogP contribution in [0.4, 0.5) is 0 Å². The lowest BCUT2D eigenvalue weighted by molar-refractivity contribution is -0.123. The Bertz CT molecular complexity index is 238. The van der Waals surface area contributed by atoms with Crippen LogP contribution < -0.4 is 11.1 Å². The Labute approximate surface area is 111 Å². The molecule has 0 radical (unpaired) electrons. The Morgan fingerprint density at radius 2 is 2.22 bits per heavy atom. The maximum absolute atomic E-state index is 11.8. The highest BCUT2D eigenvalue weighted by Crippen LogP contribution is 2.15. The van der Waals surface area contributed by atoms with E-state index in [2.05, 4.69) is 19.2 Å². The van der Waals surface area contributed by atoms with Crippen molar-refractivity contribution < 1.29 is 9.53 Å². The van der Waals surface area contributed by atoms with E-state index in [1.54, 1.807) is 0 Å². The highest BCUT2D eigenvalue weighted by molar-refractivity contribution is 5.76. The van der Waals surface area contributed by atoms with Gasteiger partial charge < -0.3 is 15.8 Å². The van der Waals surface area contributed by atoms with Crippen LogP contribution in [0.5, 0.6) is 0 Å². The van der Waals surface area contributed by atoms with Crippen molar-refractivity contribution in [3.8, 4) is 0 Å². The summed E-state index contributed by atoms with van der Waals surface area (Å²) in [6.07, 6.45) is 5.19. The van der Waals surface area contributed by atoms with Crippen molar-refractivity contribution in [2.45, 2.75) is 52.1 Å². The standard InChI is InChI=1S/C14H28N2O2/c1-11(2)7-12(9-15)8-14(17)16-10-13-5-3-4-6-18-13/h11-13H,3-10,15H2,1-2H3,(H,16,17)/t12-,13?/m0/s1. The van der Waals surface area contributed by atoms with Crippen molar-refractivity contribution >= 4 is 5.91 Å². The lowest BCUT2D eigenvalue weighted by Crippen LogP contribution is -2.36. The number of hydrogen-bond donors (Lipinski definition) is 2. The zero-order valence-electron chi connectivity index (χ0n) is 11.8. The molecule has 1 rings (SSSR count). The van der Waals surface area contributed by atoms with Gasteiger partial charge >= 0.3 is 0 Å². The number of nitrogens with two attached hydrogens (primary N) is 1. The normalized spacial score (nSPS) is 21.9. The van der Waals surface area contributed by atoms with Crippen LogP contribution >= 0.6 is 0 Å². The molecule has 3 N–H and O–H groups in total. The monoisotopic (exact) mass is 256 g/mol. The predicted octanol–water partition coefficient (Wildman–Crippen LogP) is 1.68. The minimum atomic E-state index is 0.111. The first kappa shape index (κ1) is 15.4. The molecule has 106 valence electrons. The van der Waals surface area contributed by atoms with Crippen LogP contribution in [0.3, 0.4) is 0 Å². The van der Waals surface area contributed by atoms with Crippen molar-refractivity contribution in [2.24, 2.45) is 17.6 Å². The van der Waals surface area contributed by atoms with Crippen molar-refractivity contribution in [3.05, 3.63) is 0 Å². The number of nitrogens with one attached hydrogen (secondary N) is 1. The van der Waals surface area contributed by atoms with Gasteiger partial charge in [-0.05, 0) is 44.1 Å². The molecular weight excluding hydrogens is 228 g/mol. The van der Waals surface area contributed by atoms with E-state index in [9.17, 15) is 4.79 Å². The van der Waals surface area contributed by atoms with Gasteiger partial charge in [-0.3, -0.25) is 4.79 Å². The van der Waals surface area contributed by atoms with Crippen LogP contribution in [-0.4, -0.2) is 31.7 Å². The summed E-state index contributed by atoms with van der Waals surface area (Å²) in [5.41, 5.74) is 5.70. The quantitative estimate of drug-likeness (QED) is 0.728. The van der Waals surface area contributed by atoms with Crippen LogP contribution in [0.15, 0.2) is 0 Å². The van der Waals surface area contributed by atoms with Crippen LogP contribution in [0.25, 0.3) is 0 Å². The number of hydrogen-bond acceptors (Lipinski definition) is 3. The Kier molecular flexibility index (Phi) is 7.28. The van der Waals surface area contributed by atoms with Gasteiger partial charge in [0.25, 0.3) is 0 Å². The molecule has 1 heterocycles. The molecule has 1 aliphatic heterocycles. The van der Waals surface area contributed by atoms with Crippen LogP contribution in [0.2, 0.25) is 0 Å². The minimum Gasteiger partial charge on any atom is -0.376 e. The van der Waals surface area contributed by atoms with Gasteiger partial charge in [0.15, 0.2) is 0 Å². The van der Waals surface area contributed by atoms with Gasteiger partial charge in [-0.25, -0.2) is 0 Å². The molecule has 0 spiro atoms. The summed E-state index contributed by atoms with van der Waals surface area (Å²) >= 11 is 0. The first-order valence-electron chi connectivity index (χ1n) is 7.20. The molecule has 1 amide bonds. The summed E-state index contributed by atoms with van der Waals surface area (Å²) in [4.78, 5) is 11.8. The molecule has 1 unspecified atom stereocenters. The van der Waals surface area contributed by atoms with E-state index < -0.39 is 0 Å². The van der Waals surface area contributed by atoms with Crippen molar-refractivity contribution in [3.63, 3.8) is 0 Å². The minimum absolute atomic E-state index is 0.111. The molecule has 1 saturated heterocycles. The van der Waals surface area contributed by atoms with Gasteiger partial charge in [0, 0.05) is 19.6 Å². The Hall–Kier alpha value is -0.610. The van der Waals surface area contributed by atoms with E-state index in [0.29, 0.717) is 31.3 Å². The Balaban J connectivity index is 2.18. The van der Waals surface area contributed by atoms with Gasteiger partial charge in [0.1, 0.15) is 0 Å². The summed E-state index contributed by atoms with van der Waals surface area (Å²) < 4.78 is 5.58. The van der Waals surface area contributed by atoms with E-state index in [1.807, 2.05) is 0 Å². The zero-order chi connectivity index (χ0) is 13.4. The van der Waals surface area contributed by atoms with Crippen molar-refractivity contribution in [2.75, 3.05) is 19.7 Å². The number of amides is 1. The number of ether oxygens (including phenoxy) is 1. The molecule has 1 aliphatic rings. The van der Waals surface area contributed by atoms with Gasteiger partial charge in [0.2, 0.25) is 5.91 Å². The Morgan fingerprint density at radius 1 is 1.44 bits per heavy atom. The average Bonchev–Trinajstić information content (AvgIpc) is 2.36. The predicted molar refractivity (Wildman–Crippen MR) is 73.2 cm³/mol. The number of carbonyl (C=O) groups is 1. The highest BCUT2D eigenvalue weighted by atomic mass is 16.5. The van der Waals surface area contributed by atoms with Gasteiger partial charge in [-0.2, -0.15) is 0 Å². The van der Waals surface area contributed by atoms with Crippen molar-refractivity contribution in [1.82, 2.24) is 5.32 Å². The van der Waals surface area contributed by atoms with E-state index >= 15 is 0 Å². The highest BCUT2D eigenvalue weighted by Gasteiger charge is 2.17. The molecule has 18 heavy (non-hydrogen) atoms.